The number of aliphatic hydroxyl groups is 1. The van der Waals surface area contributed by atoms with E-state index in [0.29, 0.717) is 18.7 Å². The summed E-state index contributed by atoms with van der Waals surface area (Å²) in [6.45, 7) is 1.07. The van der Waals surface area contributed by atoms with Gasteiger partial charge in [-0.3, -0.25) is 9.59 Å². The minimum Gasteiger partial charge on any atom is -0.484 e. The lowest BCUT2D eigenvalue weighted by atomic mass is 10.1. The van der Waals surface area contributed by atoms with E-state index in [-0.39, 0.29) is 12.5 Å². The minimum atomic E-state index is -2.03. The van der Waals surface area contributed by atoms with Gasteiger partial charge in [-0.25, -0.2) is 4.79 Å². The van der Waals surface area contributed by atoms with Crippen LogP contribution in [-0.2, 0) is 14.4 Å². The molecule has 0 spiro atoms. The Morgan fingerprint density at radius 1 is 1.33 bits per heavy atom. The topological polar surface area (TPSA) is 116 Å². The molecule has 1 aliphatic heterocycles. The van der Waals surface area contributed by atoms with Crippen LogP contribution >= 0.6 is 0 Å². The second-order valence-electron chi connectivity index (χ2n) is 5.79. The molecule has 1 unspecified atom stereocenters. The van der Waals surface area contributed by atoms with Crippen LogP contribution in [0.1, 0.15) is 19.8 Å². The van der Waals surface area contributed by atoms with Gasteiger partial charge in [0.15, 0.2) is 12.2 Å². The molecule has 2 amide bonds. The number of ether oxygens (including phenoxy) is 1. The second kappa shape index (κ2) is 7.31. The summed E-state index contributed by atoms with van der Waals surface area (Å²) in [4.78, 5) is 35.7. The molecule has 0 radical (unpaired) electrons. The van der Waals surface area contributed by atoms with Crippen molar-refractivity contribution in [3.8, 4) is 5.75 Å². The van der Waals surface area contributed by atoms with Crippen molar-refractivity contribution in [2.24, 2.45) is 0 Å². The highest BCUT2D eigenvalue weighted by Crippen LogP contribution is 2.23. The lowest BCUT2D eigenvalue weighted by Gasteiger charge is -2.18. The number of nitrogens with one attached hydrogen (secondary N) is 1. The molecule has 0 saturated carbocycles. The Kier molecular flexibility index (Phi) is 5.40. The highest BCUT2D eigenvalue weighted by molar-refractivity contribution is 5.95. The van der Waals surface area contributed by atoms with Gasteiger partial charge in [0.1, 0.15) is 5.75 Å². The van der Waals surface area contributed by atoms with E-state index in [9.17, 15) is 19.5 Å². The minimum absolute atomic E-state index is 0.0912. The average Bonchev–Trinajstić information content (AvgIpc) is 2.97. The summed E-state index contributed by atoms with van der Waals surface area (Å²) in [5.74, 6) is -1.43. The van der Waals surface area contributed by atoms with Gasteiger partial charge in [-0.15, -0.1) is 0 Å². The van der Waals surface area contributed by atoms with Crippen LogP contribution in [0.3, 0.4) is 0 Å². The summed E-state index contributed by atoms with van der Waals surface area (Å²) in [6, 6.07) is 6.79. The zero-order chi connectivity index (χ0) is 17.7. The third-order valence-electron chi connectivity index (χ3n) is 3.68. The summed E-state index contributed by atoms with van der Waals surface area (Å²) in [5, 5.41) is 20.5. The van der Waals surface area contributed by atoms with Crippen LogP contribution in [-0.4, -0.2) is 53.3 Å². The number of anilines is 1. The van der Waals surface area contributed by atoms with Crippen molar-refractivity contribution in [2.45, 2.75) is 25.4 Å². The summed E-state index contributed by atoms with van der Waals surface area (Å²) in [6.07, 6.45) is 1.40. The molecule has 0 bridgehead atoms. The first-order valence-electron chi connectivity index (χ1n) is 7.55. The molecule has 2 rings (SSSR count). The van der Waals surface area contributed by atoms with E-state index in [0.717, 1.165) is 19.0 Å². The molecule has 1 aliphatic rings. The van der Waals surface area contributed by atoms with Gasteiger partial charge in [-0.05, 0) is 37.6 Å². The zero-order valence-corrected chi connectivity index (χ0v) is 13.3. The smallest absolute Gasteiger partial charge is 0.337 e. The third kappa shape index (κ3) is 4.45. The van der Waals surface area contributed by atoms with Crippen LogP contribution in [0.5, 0.6) is 5.75 Å². The van der Waals surface area contributed by atoms with Gasteiger partial charge >= 0.3 is 5.97 Å². The Morgan fingerprint density at radius 2 is 2.00 bits per heavy atom. The van der Waals surface area contributed by atoms with Crippen molar-refractivity contribution < 1.29 is 29.3 Å². The van der Waals surface area contributed by atoms with E-state index < -0.39 is 24.0 Å². The van der Waals surface area contributed by atoms with Gasteiger partial charge < -0.3 is 25.2 Å². The molecule has 8 heteroatoms. The fourth-order valence-corrected chi connectivity index (χ4v) is 2.19. The van der Waals surface area contributed by atoms with Gasteiger partial charge in [0, 0.05) is 18.7 Å². The van der Waals surface area contributed by atoms with E-state index in [1.54, 1.807) is 29.2 Å². The number of amides is 2. The van der Waals surface area contributed by atoms with Gasteiger partial charge in [0.05, 0.1) is 6.54 Å². The molecule has 1 atom stereocenters. The second-order valence-corrected chi connectivity index (χ2v) is 5.79. The predicted octanol–water partition coefficient (Wildman–Crippen LogP) is 0.144. The Bertz CT molecular complexity index is 626. The van der Waals surface area contributed by atoms with Gasteiger partial charge in [-0.2, -0.15) is 0 Å². The maximum atomic E-state index is 11.7. The zero-order valence-electron chi connectivity index (χ0n) is 13.3. The van der Waals surface area contributed by atoms with Crippen LogP contribution < -0.4 is 15.0 Å². The molecule has 1 aromatic carbocycles. The molecule has 1 fully saturated rings. The fourth-order valence-electron chi connectivity index (χ4n) is 2.19. The molecule has 0 aromatic heterocycles. The van der Waals surface area contributed by atoms with E-state index in [1.807, 2.05) is 0 Å². The number of benzene rings is 1. The number of nitrogens with zero attached hydrogens (tertiary/aromatic N) is 1. The average molecular weight is 336 g/mol. The molecule has 24 heavy (non-hydrogen) atoms. The molecule has 1 saturated heterocycles. The van der Waals surface area contributed by atoms with Crippen molar-refractivity contribution in [3.05, 3.63) is 24.3 Å². The summed E-state index contributed by atoms with van der Waals surface area (Å²) < 4.78 is 5.29. The van der Waals surface area contributed by atoms with Crippen molar-refractivity contribution >= 4 is 23.5 Å². The number of carboxylic acid groups (broad SMARTS) is 1. The molecular weight excluding hydrogens is 316 g/mol. The molecule has 1 aromatic rings. The van der Waals surface area contributed by atoms with Crippen molar-refractivity contribution in [2.75, 3.05) is 24.6 Å². The fraction of sp³-hybridized carbons (Fsp3) is 0.438. The monoisotopic (exact) mass is 336 g/mol. The first kappa shape index (κ1) is 17.7. The van der Waals surface area contributed by atoms with Crippen LogP contribution in [0.4, 0.5) is 5.69 Å². The number of carbonyl (C=O) groups is 3. The number of aliphatic carboxylic acids is 1. The van der Waals surface area contributed by atoms with E-state index in [4.69, 9.17) is 9.84 Å². The highest BCUT2D eigenvalue weighted by atomic mass is 16.5. The molecule has 0 aliphatic carbocycles. The molecule has 3 N–H and O–H groups in total. The first-order valence-corrected chi connectivity index (χ1v) is 7.55. The lowest BCUT2D eigenvalue weighted by molar-refractivity contribution is -0.156. The Labute approximate surface area is 139 Å². The van der Waals surface area contributed by atoms with Crippen LogP contribution in [0.2, 0.25) is 0 Å². The van der Waals surface area contributed by atoms with Gasteiger partial charge in [-0.1, -0.05) is 0 Å². The Balaban J connectivity index is 1.81. The van der Waals surface area contributed by atoms with Crippen LogP contribution in [0.15, 0.2) is 24.3 Å². The number of carboxylic acids is 1. The largest absolute Gasteiger partial charge is 0.484 e. The highest BCUT2D eigenvalue weighted by Gasteiger charge is 2.30. The normalized spacial score (nSPS) is 16.6. The molecule has 1 heterocycles. The van der Waals surface area contributed by atoms with Crippen molar-refractivity contribution in [1.82, 2.24) is 5.32 Å². The van der Waals surface area contributed by atoms with Crippen molar-refractivity contribution in [1.29, 1.82) is 0 Å². The quantitative estimate of drug-likeness (QED) is 0.652. The maximum Gasteiger partial charge on any atom is 0.337 e. The van der Waals surface area contributed by atoms with E-state index in [2.05, 4.69) is 5.32 Å². The van der Waals surface area contributed by atoms with E-state index in [1.165, 1.54) is 0 Å². The predicted molar refractivity (Wildman–Crippen MR) is 84.8 cm³/mol. The standard InChI is InChI=1S/C16H20N2O6/c1-16(23,15(21)22)10-17-13(19)9-24-12-6-4-11(5-7-12)18-8-2-3-14(18)20/h4-7,23H,2-3,8-10H2,1H3,(H,17,19)(H,21,22). The van der Waals surface area contributed by atoms with Crippen molar-refractivity contribution in [3.63, 3.8) is 0 Å². The first-order chi connectivity index (χ1) is 11.3. The van der Waals surface area contributed by atoms with Gasteiger partial charge in [0.25, 0.3) is 5.91 Å². The van der Waals surface area contributed by atoms with Crippen LogP contribution in [0, 0.1) is 0 Å². The third-order valence-corrected chi connectivity index (χ3v) is 3.68. The number of hydrogen-bond acceptors (Lipinski definition) is 5. The maximum absolute atomic E-state index is 11.7. The number of carbonyl (C=O) groups excluding carboxylic acids is 2. The summed E-state index contributed by atoms with van der Waals surface area (Å²) >= 11 is 0. The summed E-state index contributed by atoms with van der Waals surface area (Å²) in [5.41, 5.74) is -1.24. The molecule has 8 nitrogen and oxygen atoms in total. The van der Waals surface area contributed by atoms with Gasteiger partial charge in [0.2, 0.25) is 5.91 Å². The SMILES string of the molecule is CC(O)(CNC(=O)COc1ccc(N2CCCC2=O)cc1)C(=O)O. The lowest BCUT2D eigenvalue weighted by Crippen LogP contribution is -2.47. The number of rotatable bonds is 7. The van der Waals surface area contributed by atoms with Crippen LogP contribution in [0.25, 0.3) is 0 Å². The Morgan fingerprint density at radius 3 is 2.54 bits per heavy atom. The Hall–Kier alpha value is -2.61. The van der Waals surface area contributed by atoms with E-state index >= 15 is 0 Å². The summed E-state index contributed by atoms with van der Waals surface area (Å²) in [7, 11) is 0. The molecular formula is C16H20N2O6. The molecule has 130 valence electrons. The number of hydrogen-bond donors (Lipinski definition) is 3.